The van der Waals surface area contributed by atoms with Gasteiger partial charge in [-0.3, -0.25) is 0 Å². The number of hydrogen-bond donors (Lipinski definition) is 1. The van der Waals surface area contributed by atoms with Crippen LogP contribution in [0.3, 0.4) is 0 Å². The van der Waals surface area contributed by atoms with Crippen molar-refractivity contribution in [1.82, 2.24) is 18.9 Å². The molecule has 2 aliphatic rings. The molecule has 0 spiro atoms. The van der Waals surface area contributed by atoms with E-state index < -0.39 is 10.0 Å². The number of allylic oxidation sites excluding steroid dienone is 4. The van der Waals surface area contributed by atoms with Gasteiger partial charge in [0.15, 0.2) is 5.65 Å². The number of anilines is 1. The van der Waals surface area contributed by atoms with Crippen molar-refractivity contribution in [3.8, 4) is 0 Å². The van der Waals surface area contributed by atoms with Crippen LogP contribution in [0.15, 0.2) is 58.6 Å². The van der Waals surface area contributed by atoms with Crippen LogP contribution in [-0.4, -0.2) is 54.8 Å². The highest BCUT2D eigenvalue weighted by atomic mass is 35.5. The Kier molecular flexibility index (Phi) is 6.74. The third-order valence-corrected chi connectivity index (χ3v) is 9.14. The second-order valence-electron chi connectivity index (χ2n) is 9.39. The van der Waals surface area contributed by atoms with Crippen molar-refractivity contribution in [1.29, 1.82) is 0 Å². The average Bonchev–Trinajstić information content (AvgIpc) is 3.24. The lowest BCUT2D eigenvalue weighted by Crippen LogP contribution is -2.39. The Balaban J connectivity index is 1.29. The molecule has 1 saturated heterocycles. The van der Waals surface area contributed by atoms with Crippen LogP contribution < -0.4 is 10.8 Å². The fraction of sp³-hybridized carbons (Fsp3) is 0.360. The van der Waals surface area contributed by atoms with Crippen molar-refractivity contribution >= 4 is 52.0 Å². The molecule has 35 heavy (non-hydrogen) atoms. The van der Waals surface area contributed by atoms with Crippen LogP contribution >= 0.6 is 11.6 Å². The first-order chi connectivity index (χ1) is 16.8. The molecule has 1 N–H and O–H groups in total. The van der Waals surface area contributed by atoms with E-state index in [9.17, 15) is 8.42 Å². The van der Waals surface area contributed by atoms with Crippen LogP contribution in [0.2, 0.25) is 0 Å². The van der Waals surface area contributed by atoms with Crippen molar-refractivity contribution in [3.05, 3.63) is 65.0 Å². The molecule has 1 aliphatic heterocycles. The number of fused-ring (bicyclic) bond motifs is 1. The number of aryl methyl sites for hydroxylation is 1. The van der Waals surface area contributed by atoms with Gasteiger partial charge in [-0.25, -0.2) is 13.4 Å². The summed E-state index contributed by atoms with van der Waals surface area (Å²) in [6.45, 7) is 3.73. The van der Waals surface area contributed by atoms with Crippen molar-refractivity contribution in [2.24, 2.45) is 5.92 Å². The van der Waals surface area contributed by atoms with E-state index in [-0.39, 0.29) is 0 Å². The Hall–Kier alpha value is -2.62. The Morgan fingerprint density at radius 3 is 2.66 bits per heavy atom. The molecule has 0 unspecified atom stereocenters. The van der Waals surface area contributed by atoms with Crippen molar-refractivity contribution in [2.75, 3.05) is 25.0 Å². The lowest BCUT2D eigenvalue weighted by molar-refractivity contribution is 0.282. The zero-order valence-corrected chi connectivity index (χ0v) is 21.6. The van der Waals surface area contributed by atoms with E-state index >= 15 is 0 Å². The number of hydrogen-bond acceptors (Lipinski definition) is 5. The van der Waals surface area contributed by atoms with E-state index in [4.69, 9.17) is 16.6 Å². The van der Waals surface area contributed by atoms with Gasteiger partial charge in [0.05, 0.1) is 10.6 Å². The smallest absolute Gasteiger partial charge is 0.243 e. The first-order valence-electron chi connectivity index (χ1n) is 12.0. The minimum absolute atomic E-state index is 0.361. The molecule has 5 rings (SSSR count). The first-order valence-corrected chi connectivity index (χ1v) is 13.9. The molecule has 182 valence electrons. The quantitative estimate of drug-likeness (QED) is 0.517. The van der Waals surface area contributed by atoms with Crippen LogP contribution in [0.25, 0.3) is 11.2 Å². The highest BCUT2D eigenvalue weighted by molar-refractivity contribution is 7.89. The van der Waals surface area contributed by atoms with E-state index in [0.717, 1.165) is 71.0 Å². The molecule has 0 saturated carbocycles. The second-order valence-corrected chi connectivity index (χ2v) is 11.8. The van der Waals surface area contributed by atoms with Crippen LogP contribution in [0.5, 0.6) is 0 Å². The molecule has 0 radical (unpaired) electrons. The first kappa shape index (κ1) is 24.1. The fourth-order valence-corrected chi connectivity index (χ4v) is 6.40. The standard InChI is InChI=1S/C25H29BClN5O2S/c1-17-6-8-19(9-7-17)35(33,34)31-12-10-18(11-13-31)15-28-24-14-23(20-4-2-3-5-22(20)27)30-25-21(26)16-29-32(24)25/h2,4,6-9,14,16,18,28H,3,5,10-13,15,26H2,1H3. The highest BCUT2D eigenvalue weighted by Gasteiger charge is 2.29. The van der Waals surface area contributed by atoms with Gasteiger partial charge in [0.1, 0.15) is 13.7 Å². The van der Waals surface area contributed by atoms with Gasteiger partial charge in [-0.15, -0.1) is 0 Å². The zero-order valence-electron chi connectivity index (χ0n) is 20.0. The maximum Gasteiger partial charge on any atom is 0.243 e. The average molecular weight is 510 g/mol. The third-order valence-electron chi connectivity index (χ3n) is 6.84. The number of nitrogens with one attached hydrogen (secondary N) is 1. The zero-order chi connectivity index (χ0) is 24.6. The Bertz CT molecular complexity index is 1410. The molecule has 1 aromatic carbocycles. The van der Waals surface area contributed by atoms with Gasteiger partial charge >= 0.3 is 0 Å². The minimum Gasteiger partial charge on any atom is -0.370 e. The lowest BCUT2D eigenvalue weighted by atomic mass is 9.98. The van der Waals surface area contributed by atoms with Crippen molar-refractivity contribution in [3.63, 3.8) is 0 Å². The highest BCUT2D eigenvalue weighted by Crippen LogP contribution is 2.31. The maximum atomic E-state index is 13.0. The number of benzene rings is 1. The second kappa shape index (κ2) is 9.80. The summed E-state index contributed by atoms with van der Waals surface area (Å²) < 4.78 is 29.5. The molecule has 7 nitrogen and oxygen atoms in total. The predicted octanol–water partition coefficient (Wildman–Crippen LogP) is 3.11. The number of halogens is 1. The number of rotatable bonds is 6. The van der Waals surface area contributed by atoms with Gasteiger partial charge in [-0.2, -0.15) is 13.9 Å². The molecule has 3 aromatic rings. The Labute approximate surface area is 212 Å². The summed E-state index contributed by atoms with van der Waals surface area (Å²) in [5, 5.41) is 8.90. The summed E-state index contributed by atoms with van der Waals surface area (Å²) in [5.41, 5.74) is 4.65. The van der Waals surface area contributed by atoms with Gasteiger partial charge in [-0.05, 0) is 56.1 Å². The number of sulfonamides is 1. The lowest BCUT2D eigenvalue weighted by Gasteiger charge is -2.31. The predicted molar refractivity (Wildman–Crippen MR) is 143 cm³/mol. The van der Waals surface area contributed by atoms with Gasteiger partial charge in [0, 0.05) is 42.5 Å². The van der Waals surface area contributed by atoms with Gasteiger partial charge in [0.25, 0.3) is 0 Å². The number of piperidine rings is 1. The molecular formula is C25H29BClN5O2S. The minimum atomic E-state index is -3.45. The monoisotopic (exact) mass is 509 g/mol. The third kappa shape index (κ3) is 4.90. The topological polar surface area (TPSA) is 79.6 Å². The summed E-state index contributed by atoms with van der Waals surface area (Å²) in [5.74, 6) is 1.23. The molecule has 0 atom stereocenters. The number of nitrogens with zero attached hydrogens (tertiary/aromatic N) is 4. The van der Waals surface area contributed by atoms with Crippen LogP contribution in [0.4, 0.5) is 5.82 Å². The van der Waals surface area contributed by atoms with E-state index in [1.165, 1.54) is 0 Å². The molecular weight excluding hydrogens is 481 g/mol. The van der Waals surface area contributed by atoms with E-state index in [1.54, 1.807) is 16.4 Å². The van der Waals surface area contributed by atoms with E-state index in [1.807, 2.05) is 49.8 Å². The summed E-state index contributed by atoms with van der Waals surface area (Å²) >= 11 is 6.53. The van der Waals surface area contributed by atoms with Gasteiger partial charge in [0.2, 0.25) is 10.0 Å². The van der Waals surface area contributed by atoms with Crippen molar-refractivity contribution < 1.29 is 8.42 Å². The summed E-state index contributed by atoms with van der Waals surface area (Å²) in [6, 6.07) is 9.08. The molecule has 1 fully saturated rings. The summed E-state index contributed by atoms with van der Waals surface area (Å²) in [6.07, 6.45) is 9.36. The van der Waals surface area contributed by atoms with E-state index in [0.29, 0.717) is 23.9 Å². The SMILES string of the molecule is Bc1cnn2c(NCC3CCN(S(=O)(=O)c4ccc(C)cc4)CC3)cc(C3=C(Cl)CCC=C3)nc12. The molecule has 0 bridgehead atoms. The van der Waals surface area contributed by atoms with Crippen LogP contribution in [0.1, 0.15) is 36.9 Å². The molecule has 0 amide bonds. The van der Waals surface area contributed by atoms with Gasteiger partial charge < -0.3 is 5.32 Å². The molecule has 3 heterocycles. The number of aromatic nitrogens is 3. The van der Waals surface area contributed by atoms with Crippen LogP contribution in [0, 0.1) is 12.8 Å². The summed E-state index contributed by atoms with van der Waals surface area (Å²) in [4.78, 5) is 5.19. The van der Waals surface area contributed by atoms with Crippen LogP contribution in [-0.2, 0) is 10.0 Å². The fourth-order valence-electron chi connectivity index (χ4n) is 4.66. The Morgan fingerprint density at radius 1 is 1.20 bits per heavy atom. The van der Waals surface area contributed by atoms with Crippen molar-refractivity contribution in [2.45, 2.75) is 37.5 Å². The molecule has 10 heteroatoms. The van der Waals surface area contributed by atoms with Gasteiger partial charge in [-0.1, -0.05) is 41.4 Å². The molecule has 1 aliphatic carbocycles. The largest absolute Gasteiger partial charge is 0.370 e. The summed E-state index contributed by atoms with van der Waals surface area (Å²) in [7, 11) is -1.45. The normalized spacial score (nSPS) is 17.9. The van der Waals surface area contributed by atoms with E-state index in [2.05, 4.69) is 16.5 Å². The molecule has 2 aromatic heterocycles. The Morgan fingerprint density at radius 2 is 1.94 bits per heavy atom. The maximum absolute atomic E-state index is 13.0.